The Morgan fingerprint density at radius 2 is 1.75 bits per heavy atom. The lowest BCUT2D eigenvalue weighted by molar-refractivity contribution is 0.102. The zero-order chi connectivity index (χ0) is 20.1. The average Bonchev–Trinajstić information content (AvgIpc) is 2.67. The van der Waals surface area contributed by atoms with Gasteiger partial charge in [-0.2, -0.15) is 8.42 Å². The average molecular weight is 400 g/mol. The number of rotatable bonds is 7. The van der Waals surface area contributed by atoms with E-state index in [1.165, 1.54) is 0 Å². The Morgan fingerprint density at radius 1 is 1.07 bits per heavy atom. The van der Waals surface area contributed by atoms with Crippen molar-refractivity contribution in [2.45, 2.75) is 6.42 Å². The third kappa shape index (κ3) is 4.79. The third-order valence-electron chi connectivity index (χ3n) is 4.10. The molecule has 0 fully saturated rings. The molecule has 0 bridgehead atoms. The number of hydrogen-bond acceptors (Lipinski definition) is 5. The summed E-state index contributed by atoms with van der Waals surface area (Å²) in [5.41, 5.74) is 7.27. The molecule has 0 spiro atoms. The normalized spacial score (nSPS) is 11.3. The molecule has 0 aliphatic carbocycles. The summed E-state index contributed by atoms with van der Waals surface area (Å²) < 4.78 is 36.5. The van der Waals surface area contributed by atoms with Gasteiger partial charge in [-0.25, -0.2) is 0 Å². The second-order valence-corrected chi connectivity index (χ2v) is 7.77. The van der Waals surface area contributed by atoms with E-state index in [0.717, 1.165) is 10.8 Å². The molecule has 0 aliphatic rings. The highest BCUT2D eigenvalue weighted by atomic mass is 32.2. The first-order valence-electron chi connectivity index (χ1n) is 8.61. The van der Waals surface area contributed by atoms with Crippen LogP contribution in [0.5, 0.6) is 5.75 Å². The quantitative estimate of drug-likeness (QED) is 0.318. The van der Waals surface area contributed by atoms with Gasteiger partial charge in [-0.1, -0.05) is 42.5 Å². The third-order valence-corrected chi connectivity index (χ3v) is 4.90. The molecular weight excluding hydrogens is 380 g/mol. The van der Waals surface area contributed by atoms with Crippen LogP contribution in [0, 0.1) is 0 Å². The number of benzene rings is 3. The Balaban J connectivity index is 1.93. The standard InChI is InChI=1S/C20H20N2O5S/c21-17-13-15-9-4-5-10-16(15)19(27-11-6-12-28(24,25)26)18(17)22-20(23)14-7-2-1-3-8-14/h1-5,7-10,13H,6,11-12,21H2,(H,22,23)(H,24,25,26). The first-order chi connectivity index (χ1) is 13.3. The molecule has 0 aromatic heterocycles. The van der Waals surface area contributed by atoms with Crippen LogP contribution in [0.1, 0.15) is 16.8 Å². The van der Waals surface area contributed by atoms with Gasteiger partial charge in [-0.3, -0.25) is 9.35 Å². The Morgan fingerprint density at radius 3 is 2.46 bits per heavy atom. The van der Waals surface area contributed by atoms with Gasteiger partial charge in [0.05, 0.1) is 18.0 Å². The highest BCUT2D eigenvalue weighted by Crippen LogP contribution is 2.39. The Hall–Kier alpha value is -3.10. The van der Waals surface area contributed by atoms with E-state index in [4.69, 9.17) is 15.0 Å². The van der Waals surface area contributed by atoms with Crippen molar-refractivity contribution in [1.82, 2.24) is 0 Å². The summed E-state index contributed by atoms with van der Waals surface area (Å²) in [5, 5.41) is 4.34. The number of fused-ring (bicyclic) bond motifs is 1. The first kappa shape index (κ1) is 19.7. The summed E-state index contributed by atoms with van der Waals surface area (Å²) in [5.74, 6) is -0.403. The van der Waals surface area contributed by atoms with Crippen molar-refractivity contribution in [3.8, 4) is 5.75 Å². The molecule has 0 saturated carbocycles. The second kappa shape index (κ2) is 8.28. The smallest absolute Gasteiger partial charge is 0.264 e. The van der Waals surface area contributed by atoms with E-state index < -0.39 is 15.9 Å². The monoisotopic (exact) mass is 400 g/mol. The van der Waals surface area contributed by atoms with E-state index in [1.807, 2.05) is 30.3 Å². The summed E-state index contributed by atoms with van der Waals surface area (Å²) in [6, 6.07) is 17.8. The van der Waals surface area contributed by atoms with Gasteiger partial charge in [-0.15, -0.1) is 0 Å². The molecule has 0 saturated heterocycles. The molecular formula is C20H20N2O5S. The van der Waals surface area contributed by atoms with Crippen LogP contribution in [0.4, 0.5) is 11.4 Å². The zero-order valence-electron chi connectivity index (χ0n) is 15.0. The summed E-state index contributed by atoms with van der Waals surface area (Å²) in [4.78, 5) is 12.6. The number of nitrogens with one attached hydrogen (secondary N) is 1. The number of ether oxygens (including phenoxy) is 1. The molecule has 3 aromatic rings. The molecule has 28 heavy (non-hydrogen) atoms. The van der Waals surface area contributed by atoms with E-state index in [0.29, 0.717) is 22.7 Å². The van der Waals surface area contributed by atoms with Crippen LogP contribution >= 0.6 is 0 Å². The molecule has 0 radical (unpaired) electrons. The lowest BCUT2D eigenvalue weighted by Crippen LogP contribution is -2.15. The summed E-state index contributed by atoms with van der Waals surface area (Å²) in [6.45, 7) is 0.0292. The van der Waals surface area contributed by atoms with Crippen molar-refractivity contribution in [1.29, 1.82) is 0 Å². The van der Waals surface area contributed by atoms with Gasteiger partial charge in [0, 0.05) is 10.9 Å². The highest BCUT2D eigenvalue weighted by molar-refractivity contribution is 7.85. The fourth-order valence-corrected chi connectivity index (χ4v) is 3.29. The van der Waals surface area contributed by atoms with E-state index in [-0.39, 0.29) is 18.9 Å². The molecule has 8 heteroatoms. The van der Waals surface area contributed by atoms with Gasteiger partial charge in [0.15, 0.2) is 5.75 Å². The van der Waals surface area contributed by atoms with Gasteiger partial charge in [0.25, 0.3) is 16.0 Å². The molecule has 4 N–H and O–H groups in total. The van der Waals surface area contributed by atoms with Crippen molar-refractivity contribution in [3.63, 3.8) is 0 Å². The van der Waals surface area contributed by atoms with Gasteiger partial charge in [0.2, 0.25) is 0 Å². The van der Waals surface area contributed by atoms with Gasteiger partial charge in [-0.05, 0) is 30.0 Å². The molecule has 0 atom stereocenters. The minimum Gasteiger partial charge on any atom is -0.491 e. The lowest BCUT2D eigenvalue weighted by atomic mass is 10.1. The Labute approximate surface area is 162 Å². The number of carbonyl (C=O) groups excluding carboxylic acids is 1. The second-order valence-electron chi connectivity index (χ2n) is 6.20. The maximum atomic E-state index is 12.6. The van der Waals surface area contributed by atoms with Crippen molar-refractivity contribution in [2.75, 3.05) is 23.4 Å². The van der Waals surface area contributed by atoms with E-state index in [1.54, 1.807) is 30.3 Å². The van der Waals surface area contributed by atoms with Crippen LogP contribution in [-0.2, 0) is 10.1 Å². The predicted octanol–water partition coefficient (Wildman–Crippen LogP) is 3.33. The van der Waals surface area contributed by atoms with Crippen LogP contribution in [0.3, 0.4) is 0 Å². The van der Waals surface area contributed by atoms with E-state index >= 15 is 0 Å². The minimum atomic E-state index is -4.07. The number of nitrogens with two attached hydrogens (primary N) is 1. The van der Waals surface area contributed by atoms with Crippen molar-refractivity contribution in [2.24, 2.45) is 0 Å². The number of hydrogen-bond donors (Lipinski definition) is 3. The lowest BCUT2D eigenvalue weighted by Gasteiger charge is -2.17. The molecule has 7 nitrogen and oxygen atoms in total. The molecule has 1 amide bonds. The highest BCUT2D eigenvalue weighted by Gasteiger charge is 2.17. The van der Waals surface area contributed by atoms with Gasteiger partial charge < -0.3 is 15.8 Å². The van der Waals surface area contributed by atoms with E-state index in [2.05, 4.69) is 5.32 Å². The molecule has 0 unspecified atom stereocenters. The zero-order valence-corrected chi connectivity index (χ0v) is 15.8. The number of carbonyl (C=O) groups is 1. The van der Waals surface area contributed by atoms with Crippen molar-refractivity contribution >= 4 is 38.2 Å². The maximum absolute atomic E-state index is 12.6. The number of anilines is 2. The summed E-state index contributed by atoms with van der Waals surface area (Å²) >= 11 is 0. The topological polar surface area (TPSA) is 119 Å². The Kier molecular flexibility index (Phi) is 5.81. The molecule has 3 aromatic carbocycles. The predicted molar refractivity (Wildman–Crippen MR) is 109 cm³/mol. The fraction of sp³-hybridized carbons (Fsp3) is 0.150. The van der Waals surface area contributed by atoms with Crippen LogP contribution in [0.15, 0.2) is 60.7 Å². The maximum Gasteiger partial charge on any atom is 0.264 e. The number of amides is 1. The van der Waals surface area contributed by atoms with Crippen LogP contribution in [0.2, 0.25) is 0 Å². The fourth-order valence-electron chi connectivity index (χ4n) is 2.80. The van der Waals surface area contributed by atoms with Crippen molar-refractivity contribution < 1.29 is 22.5 Å². The molecule has 3 rings (SSSR count). The van der Waals surface area contributed by atoms with Gasteiger partial charge in [0.1, 0.15) is 5.69 Å². The summed E-state index contributed by atoms with van der Waals surface area (Å²) in [7, 11) is -4.07. The SMILES string of the molecule is Nc1cc2ccccc2c(OCCCS(=O)(=O)O)c1NC(=O)c1ccccc1. The van der Waals surface area contributed by atoms with Crippen molar-refractivity contribution in [3.05, 3.63) is 66.2 Å². The molecule has 146 valence electrons. The largest absolute Gasteiger partial charge is 0.491 e. The summed E-state index contributed by atoms with van der Waals surface area (Å²) in [6.07, 6.45) is 0.0913. The van der Waals surface area contributed by atoms with Gasteiger partial charge >= 0.3 is 0 Å². The van der Waals surface area contributed by atoms with E-state index in [9.17, 15) is 13.2 Å². The minimum absolute atomic E-state index is 0.0292. The van der Waals surface area contributed by atoms with Crippen LogP contribution in [-0.4, -0.2) is 31.2 Å². The van der Waals surface area contributed by atoms with Crippen LogP contribution in [0.25, 0.3) is 10.8 Å². The molecule has 0 heterocycles. The Bertz CT molecular complexity index is 1100. The first-order valence-corrected chi connectivity index (χ1v) is 10.2. The molecule has 0 aliphatic heterocycles. The van der Waals surface area contributed by atoms with Crippen LogP contribution < -0.4 is 15.8 Å². The number of nitrogen functional groups attached to an aromatic ring is 1.